The predicted octanol–water partition coefficient (Wildman–Crippen LogP) is 2.31. The lowest BCUT2D eigenvalue weighted by Gasteiger charge is -2.19. The first-order chi connectivity index (χ1) is 8.22. The summed E-state index contributed by atoms with van der Waals surface area (Å²) < 4.78 is 0. The molecule has 3 nitrogen and oxygen atoms in total. The Morgan fingerprint density at radius 2 is 1.88 bits per heavy atom. The Labute approximate surface area is 101 Å². The maximum absolute atomic E-state index is 12.1. The average molecular weight is 229 g/mol. The van der Waals surface area contributed by atoms with Crippen molar-refractivity contribution >= 4 is 12.2 Å². The summed E-state index contributed by atoms with van der Waals surface area (Å²) in [5, 5.41) is 0. The van der Waals surface area contributed by atoms with Crippen molar-refractivity contribution in [2.45, 2.75) is 0 Å². The molecule has 1 amide bonds. The van der Waals surface area contributed by atoms with Gasteiger partial charge in [-0.25, -0.2) is 0 Å². The molecule has 0 spiro atoms. The summed E-state index contributed by atoms with van der Waals surface area (Å²) in [5.74, 6) is -0.131. The summed E-state index contributed by atoms with van der Waals surface area (Å²) in [4.78, 5) is 24.4. The van der Waals surface area contributed by atoms with Gasteiger partial charge in [-0.2, -0.15) is 0 Å². The number of benzene rings is 1. The van der Waals surface area contributed by atoms with Crippen molar-refractivity contribution in [3.63, 3.8) is 0 Å². The molecule has 1 aromatic rings. The smallest absolute Gasteiger partial charge is 0.254 e. The van der Waals surface area contributed by atoms with Crippen LogP contribution in [0.2, 0.25) is 0 Å². The van der Waals surface area contributed by atoms with E-state index in [1.807, 2.05) is 0 Å². The van der Waals surface area contributed by atoms with E-state index in [9.17, 15) is 9.59 Å². The maximum Gasteiger partial charge on any atom is 0.254 e. The minimum absolute atomic E-state index is 0.131. The number of amides is 1. The Morgan fingerprint density at radius 3 is 2.41 bits per heavy atom. The summed E-state index contributed by atoms with van der Waals surface area (Å²) in [6.45, 7) is 8.13. The fraction of sp³-hybridized carbons (Fsp3) is 0.143. The quantitative estimate of drug-likeness (QED) is 0.554. The predicted molar refractivity (Wildman–Crippen MR) is 68.1 cm³/mol. The van der Waals surface area contributed by atoms with E-state index in [2.05, 4.69) is 13.2 Å². The largest absolute Gasteiger partial charge is 0.331 e. The topological polar surface area (TPSA) is 37.4 Å². The highest BCUT2D eigenvalue weighted by atomic mass is 16.2. The molecule has 0 aliphatic rings. The van der Waals surface area contributed by atoms with Crippen LogP contribution in [0.4, 0.5) is 0 Å². The lowest BCUT2D eigenvalue weighted by Crippen LogP contribution is -2.31. The van der Waals surface area contributed by atoms with Crippen LogP contribution in [0, 0.1) is 0 Å². The number of aldehydes is 1. The number of carbonyl (C=O) groups is 2. The van der Waals surface area contributed by atoms with E-state index >= 15 is 0 Å². The van der Waals surface area contributed by atoms with E-state index in [4.69, 9.17) is 0 Å². The van der Waals surface area contributed by atoms with Crippen LogP contribution in [0.5, 0.6) is 0 Å². The molecular formula is C14H15NO2. The molecule has 0 heterocycles. The molecule has 88 valence electrons. The Balaban J connectivity index is 2.95. The van der Waals surface area contributed by atoms with Gasteiger partial charge in [0.2, 0.25) is 0 Å². The third kappa shape index (κ3) is 3.41. The van der Waals surface area contributed by atoms with Gasteiger partial charge in [-0.05, 0) is 12.1 Å². The van der Waals surface area contributed by atoms with Gasteiger partial charge in [0, 0.05) is 24.2 Å². The summed E-state index contributed by atoms with van der Waals surface area (Å²) in [6, 6.07) is 6.62. The van der Waals surface area contributed by atoms with Crippen molar-refractivity contribution in [1.29, 1.82) is 0 Å². The highest BCUT2D eigenvalue weighted by molar-refractivity contribution is 5.95. The lowest BCUT2D eigenvalue weighted by atomic mass is 10.1. The highest BCUT2D eigenvalue weighted by Crippen LogP contribution is 2.07. The van der Waals surface area contributed by atoms with Gasteiger partial charge in [0.15, 0.2) is 0 Å². The number of rotatable bonds is 6. The second-order valence-electron chi connectivity index (χ2n) is 3.53. The molecule has 1 rings (SSSR count). The van der Waals surface area contributed by atoms with Gasteiger partial charge in [0.05, 0.1) is 0 Å². The van der Waals surface area contributed by atoms with Crippen molar-refractivity contribution < 1.29 is 9.59 Å². The number of hydrogen-bond donors (Lipinski definition) is 0. The van der Waals surface area contributed by atoms with Crippen LogP contribution in [-0.2, 0) is 0 Å². The van der Waals surface area contributed by atoms with Crippen LogP contribution >= 0.6 is 0 Å². The van der Waals surface area contributed by atoms with E-state index in [0.717, 1.165) is 6.29 Å². The summed E-state index contributed by atoms with van der Waals surface area (Å²) in [6.07, 6.45) is 4.04. The molecule has 0 unspecified atom stereocenters. The highest BCUT2D eigenvalue weighted by Gasteiger charge is 2.13. The van der Waals surface area contributed by atoms with Gasteiger partial charge in [-0.15, -0.1) is 13.2 Å². The van der Waals surface area contributed by atoms with E-state index in [1.54, 1.807) is 41.3 Å². The molecule has 1 aromatic carbocycles. The van der Waals surface area contributed by atoms with Crippen molar-refractivity contribution in [2.75, 3.05) is 13.1 Å². The minimum atomic E-state index is -0.131. The number of carbonyl (C=O) groups excluding carboxylic acids is 2. The summed E-state index contributed by atoms with van der Waals surface area (Å²) >= 11 is 0. The zero-order chi connectivity index (χ0) is 12.7. The average Bonchev–Trinajstić information content (AvgIpc) is 2.38. The van der Waals surface area contributed by atoms with Crippen LogP contribution in [-0.4, -0.2) is 30.2 Å². The van der Waals surface area contributed by atoms with Gasteiger partial charge in [0.1, 0.15) is 6.29 Å². The van der Waals surface area contributed by atoms with Crippen molar-refractivity contribution in [2.24, 2.45) is 0 Å². The Bertz CT molecular complexity index is 428. The molecular weight excluding hydrogens is 214 g/mol. The Morgan fingerprint density at radius 1 is 1.24 bits per heavy atom. The van der Waals surface area contributed by atoms with E-state index in [-0.39, 0.29) is 5.91 Å². The van der Waals surface area contributed by atoms with Gasteiger partial charge < -0.3 is 4.90 Å². The third-order valence-electron chi connectivity index (χ3n) is 2.26. The zero-order valence-corrected chi connectivity index (χ0v) is 9.63. The maximum atomic E-state index is 12.1. The molecule has 0 saturated heterocycles. The monoisotopic (exact) mass is 229 g/mol. The second-order valence-corrected chi connectivity index (χ2v) is 3.53. The van der Waals surface area contributed by atoms with Crippen molar-refractivity contribution in [3.05, 3.63) is 60.7 Å². The minimum Gasteiger partial charge on any atom is -0.331 e. The standard InChI is InChI=1S/C14H15NO2/c1-3-8-15(9-4-2)14(17)13-7-5-6-12(10-13)11-16/h3-7,10-11H,1-2,8-9H2. The number of nitrogens with zero attached hydrogens (tertiary/aromatic N) is 1. The summed E-state index contributed by atoms with van der Waals surface area (Å²) in [7, 11) is 0. The van der Waals surface area contributed by atoms with Gasteiger partial charge >= 0.3 is 0 Å². The molecule has 0 aromatic heterocycles. The molecule has 0 radical (unpaired) electrons. The molecule has 0 fully saturated rings. The first-order valence-electron chi connectivity index (χ1n) is 5.29. The molecule has 0 aliphatic heterocycles. The van der Waals surface area contributed by atoms with Gasteiger partial charge in [-0.3, -0.25) is 9.59 Å². The van der Waals surface area contributed by atoms with Crippen LogP contribution in [0.1, 0.15) is 20.7 Å². The van der Waals surface area contributed by atoms with Crippen molar-refractivity contribution in [1.82, 2.24) is 4.90 Å². The normalized spacial score (nSPS) is 9.41. The molecule has 0 aliphatic carbocycles. The van der Waals surface area contributed by atoms with Gasteiger partial charge in [-0.1, -0.05) is 24.3 Å². The van der Waals surface area contributed by atoms with Crippen molar-refractivity contribution in [3.8, 4) is 0 Å². The van der Waals surface area contributed by atoms with E-state index in [1.165, 1.54) is 0 Å². The molecule has 0 atom stereocenters. The first-order valence-corrected chi connectivity index (χ1v) is 5.29. The van der Waals surface area contributed by atoms with Crippen LogP contribution < -0.4 is 0 Å². The summed E-state index contributed by atoms with van der Waals surface area (Å²) in [5.41, 5.74) is 0.992. The third-order valence-corrected chi connectivity index (χ3v) is 2.26. The Kier molecular flexibility index (Phi) is 4.88. The SMILES string of the molecule is C=CCN(CC=C)C(=O)c1cccc(C=O)c1. The fourth-order valence-corrected chi connectivity index (χ4v) is 1.48. The van der Waals surface area contributed by atoms with E-state index < -0.39 is 0 Å². The molecule has 0 N–H and O–H groups in total. The number of hydrogen-bond acceptors (Lipinski definition) is 2. The molecule has 0 saturated carbocycles. The van der Waals surface area contributed by atoms with E-state index in [0.29, 0.717) is 24.2 Å². The lowest BCUT2D eigenvalue weighted by molar-refractivity contribution is 0.0791. The Hall–Kier alpha value is -2.16. The van der Waals surface area contributed by atoms with Crippen LogP contribution in [0.15, 0.2) is 49.6 Å². The van der Waals surface area contributed by atoms with Crippen LogP contribution in [0.25, 0.3) is 0 Å². The molecule has 0 bridgehead atoms. The molecule has 17 heavy (non-hydrogen) atoms. The first kappa shape index (κ1) is 12.9. The molecule has 3 heteroatoms. The van der Waals surface area contributed by atoms with Crippen LogP contribution in [0.3, 0.4) is 0 Å². The zero-order valence-electron chi connectivity index (χ0n) is 9.63. The second kappa shape index (κ2) is 6.43. The van der Waals surface area contributed by atoms with Gasteiger partial charge in [0.25, 0.3) is 5.91 Å². The fourth-order valence-electron chi connectivity index (χ4n) is 1.48.